The van der Waals surface area contributed by atoms with Crippen molar-refractivity contribution in [1.29, 1.82) is 0 Å². The molecule has 3 aliphatic carbocycles. The fourth-order valence-corrected chi connectivity index (χ4v) is 8.36. The van der Waals surface area contributed by atoms with E-state index in [4.69, 9.17) is 13.8 Å². The Labute approximate surface area is 164 Å². The van der Waals surface area contributed by atoms with Crippen LogP contribution in [0.15, 0.2) is 48.5 Å². The van der Waals surface area contributed by atoms with Gasteiger partial charge in [-0.15, -0.1) is 0 Å². The van der Waals surface area contributed by atoms with E-state index in [1.54, 1.807) is 13.8 Å². The summed E-state index contributed by atoms with van der Waals surface area (Å²) in [7, 11) is -3.80. The van der Waals surface area contributed by atoms with Crippen LogP contribution < -0.4 is 0 Å². The van der Waals surface area contributed by atoms with Crippen LogP contribution in [0, 0.1) is 5.92 Å². The van der Waals surface area contributed by atoms with Crippen LogP contribution in [0.1, 0.15) is 47.9 Å². The second-order valence-electron chi connectivity index (χ2n) is 7.53. The number of hydrogen-bond donors (Lipinski definition) is 0. The molecule has 6 rings (SSSR count). The van der Waals surface area contributed by atoms with Gasteiger partial charge in [0, 0.05) is 17.8 Å². The van der Waals surface area contributed by atoms with Crippen LogP contribution in [0.2, 0.25) is 0 Å². The topological polar surface area (TPSA) is 61.8 Å². The highest BCUT2D eigenvalue weighted by Gasteiger charge is 2.76. The zero-order valence-electron chi connectivity index (χ0n) is 16.0. The van der Waals surface area contributed by atoms with Crippen LogP contribution in [0.5, 0.6) is 0 Å². The number of cyclic esters (lactones) is 1. The Bertz CT molecular complexity index is 944. The molecule has 5 nitrogen and oxygen atoms in total. The van der Waals surface area contributed by atoms with Gasteiger partial charge in [0.15, 0.2) is 5.16 Å². The number of hydrogen-bond acceptors (Lipinski definition) is 5. The Morgan fingerprint density at radius 3 is 1.96 bits per heavy atom. The molecule has 28 heavy (non-hydrogen) atoms. The van der Waals surface area contributed by atoms with Gasteiger partial charge >= 0.3 is 13.6 Å². The number of carbonyl (C=O) groups is 1. The van der Waals surface area contributed by atoms with Gasteiger partial charge in [0.1, 0.15) is 0 Å². The number of ether oxygens (including phenoxy) is 1. The largest absolute Gasteiger partial charge is 0.464 e. The van der Waals surface area contributed by atoms with Crippen LogP contribution in [0.3, 0.4) is 0 Å². The first kappa shape index (κ1) is 18.1. The van der Waals surface area contributed by atoms with E-state index in [-0.39, 0.29) is 31.7 Å². The normalized spacial score (nSPS) is 29.8. The maximum Gasteiger partial charge on any atom is 0.349 e. The molecule has 0 spiro atoms. The Balaban J connectivity index is 1.87. The lowest BCUT2D eigenvalue weighted by Crippen LogP contribution is -2.56. The molecule has 4 aliphatic rings. The van der Waals surface area contributed by atoms with Crippen molar-refractivity contribution in [2.24, 2.45) is 5.92 Å². The second kappa shape index (κ2) is 6.28. The Morgan fingerprint density at radius 1 is 0.964 bits per heavy atom. The molecule has 0 saturated carbocycles. The minimum absolute atomic E-state index is 0.0712. The van der Waals surface area contributed by atoms with Gasteiger partial charge in [-0.25, -0.2) is 0 Å². The van der Waals surface area contributed by atoms with E-state index in [9.17, 15) is 9.36 Å². The van der Waals surface area contributed by atoms with Crippen LogP contribution in [0.4, 0.5) is 0 Å². The van der Waals surface area contributed by atoms with Crippen molar-refractivity contribution in [3.63, 3.8) is 0 Å². The van der Waals surface area contributed by atoms with Gasteiger partial charge in [-0.2, -0.15) is 0 Å². The average molecular weight is 398 g/mol. The fourth-order valence-electron chi connectivity index (χ4n) is 5.66. The van der Waals surface area contributed by atoms with Crippen LogP contribution in [-0.4, -0.2) is 30.9 Å². The van der Waals surface area contributed by atoms with E-state index >= 15 is 0 Å². The quantitative estimate of drug-likeness (QED) is 0.550. The molecule has 0 aromatic heterocycles. The minimum Gasteiger partial charge on any atom is -0.464 e. The predicted molar refractivity (Wildman–Crippen MR) is 105 cm³/mol. The molecule has 6 heteroatoms. The average Bonchev–Trinajstić information content (AvgIpc) is 3.07. The number of rotatable bonds is 5. The summed E-state index contributed by atoms with van der Waals surface area (Å²) >= 11 is 0. The van der Waals surface area contributed by atoms with Crippen molar-refractivity contribution in [3.8, 4) is 0 Å². The summed E-state index contributed by atoms with van der Waals surface area (Å²) in [5, 5.41) is -1.34. The van der Waals surface area contributed by atoms with Gasteiger partial charge < -0.3 is 13.8 Å². The number of esters is 1. The molecule has 0 amide bonds. The van der Waals surface area contributed by atoms with E-state index in [1.165, 1.54) is 11.1 Å². The highest BCUT2D eigenvalue weighted by atomic mass is 31.2. The second-order valence-corrected chi connectivity index (χ2v) is 9.78. The van der Waals surface area contributed by atoms with Crippen molar-refractivity contribution in [2.75, 3.05) is 19.8 Å². The number of benzene rings is 2. The molecule has 0 radical (unpaired) electrons. The van der Waals surface area contributed by atoms with Crippen molar-refractivity contribution in [3.05, 3.63) is 70.8 Å². The minimum atomic E-state index is -3.80. The summed E-state index contributed by atoms with van der Waals surface area (Å²) in [4.78, 5) is 13.4. The molecule has 2 bridgehead atoms. The monoisotopic (exact) mass is 398 g/mol. The molecule has 2 atom stereocenters. The third kappa shape index (κ3) is 2.00. The first-order valence-corrected chi connectivity index (χ1v) is 11.4. The maximum atomic E-state index is 14.2. The Kier molecular flexibility index (Phi) is 4.06. The Hall–Kier alpha value is -1.94. The van der Waals surface area contributed by atoms with Gasteiger partial charge in [0.2, 0.25) is 0 Å². The first-order valence-electron chi connectivity index (χ1n) is 9.84. The van der Waals surface area contributed by atoms with Crippen molar-refractivity contribution >= 4 is 13.6 Å². The van der Waals surface area contributed by atoms with Crippen molar-refractivity contribution < 1.29 is 23.1 Å². The van der Waals surface area contributed by atoms with Crippen LogP contribution in [-0.2, 0) is 23.1 Å². The molecule has 2 aromatic carbocycles. The number of carbonyl (C=O) groups excluding carboxylic acids is 1. The van der Waals surface area contributed by atoms with Crippen LogP contribution in [0.25, 0.3) is 0 Å². The Morgan fingerprint density at radius 2 is 1.46 bits per heavy atom. The molecular formula is C22H23O5P. The summed E-state index contributed by atoms with van der Waals surface area (Å²) in [6, 6.07) is 16.3. The highest BCUT2D eigenvalue weighted by molar-refractivity contribution is 7.57. The summed E-state index contributed by atoms with van der Waals surface area (Å²) in [5.41, 5.74) is 4.43. The van der Waals surface area contributed by atoms with Crippen LogP contribution >= 0.6 is 7.60 Å². The lowest BCUT2D eigenvalue weighted by Gasteiger charge is -2.53. The molecule has 1 saturated heterocycles. The zero-order chi connectivity index (χ0) is 19.5. The van der Waals surface area contributed by atoms with Gasteiger partial charge in [0.25, 0.3) is 0 Å². The summed E-state index contributed by atoms with van der Waals surface area (Å²) in [5.74, 6) is -1.22. The van der Waals surface area contributed by atoms with Gasteiger partial charge in [0.05, 0.1) is 19.8 Å². The third-order valence-electron chi connectivity index (χ3n) is 6.46. The molecule has 0 unspecified atom stereocenters. The first-order chi connectivity index (χ1) is 13.6. The van der Waals surface area contributed by atoms with E-state index in [1.807, 2.05) is 36.4 Å². The zero-order valence-corrected chi connectivity index (χ0v) is 16.9. The summed E-state index contributed by atoms with van der Waals surface area (Å²) < 4.78 is 31.5. The van der Waals surface area contributed by atoms with E-state index in [0.717, 1.165) is 11.1 Å². The third-order valence-corrected chi connectivity index (χ3v) is 9.34. The van der Waals surface area contributed by atoms with E-state index in [2.05, 4.69) is 12.1 Å². The van der Waals surface area contributed by atoms with E-state index < -0.39 is 24.6 Å². The van der Waals surface area contributed by atoms with Gasteiger partial charge in [-0.05, 0) is 36.1 Å². The summed E-state index contributed by atoms with van der Waals surface area (Å²) in [6.45, 7) is 4.20. The summed E-state index contributed by atoms with van der Waals surface area (Å²) in [6.07, 6.45) is 0. The predicted octanol–water partition coefficient (Wildman–Crippen LogP) is 4.46. The fraction of sp³-hybridized carbons (Fsp3) is 0.409. The molecule has 1 aliphatic heterocycles. The van der Waals surface area contributed by atoms with Gasteiger partial charge in [-0.1, -0.05) is 48.5 Å². The molecule has 1 fully saturated rings. The standard InChI is InChI=1S/C22H23O5P/c1-3-26-28(24,27-4-2)22-18(13-25-21(22)23)19-14-9-5-7-11-16(14)20(22)17-12-8-6-10-15(17)19/h5-12,18-20H,3-4,13H2,1-2H3/t18-,19?,20?,22+/m0/s1. The lowest BCUT2D eigenvalue weighted by atomic mass is 9.54. The highest BCUT2D eigenvalue weighted by Crippen LogP contribution is 2.77. The molecule has 0 N–H and O–H groups in total. The molecule has 146 valence electrons. The van der Waals surface area contributed by atoms with E-state index in [0.29, 0.717) is 0 Å². The smallest absolute Gasteiger partial charge is 0.349 e. The van der Waals surface area contributed by atoms with Crippen molar-refractivity contribution in [2.45, 2.75) is 30.8 Å². The van der Waals surface area contributed by atoms with Gasteiger partial charge in [-0.3, -0.25) is 9.36 Å². The molecule has 1 heterocycles. The molecule has 2 aromatic rings. The maximum absolute atomic E-state index is 14.2. The lowest BCUT2D eigenvalue weighted by molar-refractivity contribution is -0.141. The SMILES string of the molecule is CCOP(=O)(OCC)[C@]12C(=O)OC[C@H]1C1c3ccccc3C2c2ccccc21. The van der Waals surface area contributed by atoms with Crippen molar-refractivity contribution in [1.82, 2.24) is 0 Å². The molecular weight excluding hydrogens is 375 g/mol.